The number of halogens is 1. The molecule has 0 spiro atoms. The molecule has 2 aromatic carbocycles. The van der Waals surface area contributed by atoms with Gasteiger partial charge in [0.25, 0.3) is 5.91 Å². The van der Waals surface area contributed by atoms with Crippen molar-refractivity contribution in [3.63, 3.8) is 0 Å². The number of rotatable bonds is 6. The van der Waals surface area contributed by atoms with Gasteiger partial charge in [0.2, 0.25) is 10.0 Å². The van der Waals surface area contributed by atoms with E-state index in [1.807, 2.05) is 18.2 Å². The fourth-order valence-corrected chi connectivity index (χ4v) is 6.52. The fourth-order valence-electron chi connectivity index (χ4n) is 5.04. The second-order valence-corrected chi connectivity index (χ2v) is 12.8. The van der Waals surface area contributed by atoms with E-state index in [-0.39, 0.29) is 33.6 Å². The Hall–Kier alpha value is -3.83. The Morgan fingerprint density at radius 1 is 1.05 bits per heavy atom. The standard InChI is InChI=1S/C29H33FN6O3S/c1-19-16-22(30)10-11-24(19)33-26-23(28(37)35-14-12-21(13-15-35)20-8-6-5-7-9-20)17-31-27-25(18-32-36(26)27)40(38,39)34-29(2,3)4/h5-11,16-18,21,33-34H,12-15H2,1-4H3. The number of amides is 1. The molecule has 4 aromatic rings. The van der Waals surface area contributed by atoms with Crippen LogP contribution in [0.4, 0.5) is 15.9 Å². The van der Waals surface area contributed by atoms with E-state index in [4.69, 9.17) is 0 Å². The average molecular weight is 565 g/mol. The number of benzene rings is 2. The number of hydrogen-bond donors (Lipinski definition) is 2. The average Bonchev–Trinajstić information content (AvgIpc) is 3.35. The maximum absolute atomic E-state index is 13.8. The lowest BCUT2D eigenvalue weighted by Crippen LogP contribution is -2.40. The molecule has 1 amide bonds. The topological polar surface area (TPSA) is 109 Å². The Labute approximate surface area is 233 Å². The molecular weight excluding hydrogens is 531 g/mol. The van der Waals surface area contributed by atoms with Gasteiger partial charge in [0, 0.05) is 30.5 Å². The summed E-state index contributed by atoms with van der Waals surface area (Å²) < 4.78 is 44.1. The number of carbonyl (C=O) groups excluding carboxylic acids is 1. The summed E-state index contributed by atoms with van der Waals surface area (Å²) in [7, 11) is -3.96. The van der Waals surface area contributed by atoms with Crippen molar-refractivity contribution in [3.8, 4) is 0 Å². The molecule has 0 unspecified atom stereocenters. The second-order valence-electron chi connectivity index (χ2n) is 11.2. The first-order chi connectivity index (χ1) is 18.9. The highest BCUT2D eigenvalue weighted by Gasteiger charge is 2.31. The Kier molecular flexibility index (Phi) is 7.36. The van der Waals surface area contributed by atoms with Gasteiger partial charge in [-0.15, -0.1) is 0 Å². The number of piperidine rings is 1. The molecular formula is C29H33FN6O3S. The predicted molar refractivity (Wildman–Crippen MR) is 152 cm³/mol. The van der Waals surface area contributed by atoms with Crippen molar-refractivity contribution in [1.29, 1.82) is 0 Å². The molecule has 3 heterocycles. The molecule has 5 rings (SSSR count). The first-order valence-corrected chi connectivity index (χ1v) is 14.7. The number of carbonyl (C=O) groups is 1. The van der Waals surface area contributed by atoms with Gasteiger partial charge in [0.05, 0.1) is 6.20 Å². The first kappa shape index (κ1) is 27.7. The van der Waals surface area contributed by atoms with Crippen molar-refractivity contribution in [2.24, 2.45) is 0 Å². The molecule has 1 saturated heterocycles. The quantitative estimate of drug-likeness (QED) is 0.341. The SMILES string of the molecule is Cc1cc(F)ccc1Nc1c(C(=O)N2CCC(c3ccccc3)CC2)cnc2c(S(=O)(=O)NC(C)(C)C)cnn12. The smallest absolute Gasteiger partial charge is 0.259 e. The van der Waals surface area contributed by atoms with Crippen molar-refractivity contribution in [1.82, 2.24) is 24.2 Å². The van der Waals surface area contributed by atoms with Crippen LogP contribution >= 0.6 is 0 Å². The van der Waals surface area contributed by atoms with E-state index in [0.717, 1.165) is 12.8 Å². The number of anilines is 2. The molecule has 2 N–H and O–H groups in total. The van der Waals surface area contributed by atoms with E-state index in [0.29, 0.717) is 30.3 Å². The van der Waals surface area contributed by atoms with Crippen LogP contribution in [0.2, 0.25) is 0 Å². The zero-order valence-electron chi connectivity index (χ0n) is 23.0. The summed E-state index contributed by atoms with van der Waals surface area (Å²) in [5, 5.41) is 7.54. The van der Waals surface area contributed by atoms with Crippen LogP contribution in [0.25, 0.3) is 5.65 Å². The zero-order valence-corrected chi connectivity index (χ0v) is 23.8. The van der Waals surface area contributed by atoms with Gasteiger partial charge < -0.3 is 10.2 Å². The van der Waals surface area contributed by atoms with Crippen molar-refractivity contribution in [2.75, 3.05) is 18.4 Å². The van der Waals surface area contributed by atoms with Gasteiger partial charge in [-0.3, -0.25) is 4.79 Å². The maximum Gasteiger partial charge on any atom is 0.259 e. The maximum atomic E-state index is 13.8. The molecule has 0 atom stereocenters. The lowest BCUT2D eigenvalue weighted by atomic mass is 9.89. The van der Waals surface area contributed by atoms with Crippen LogP contribution in [0.15, 0.2) is 65.8 Å². The summed E-state index contributed by atoms with van der Waals surface area (Å²) in [6, 6.07) is 14.5. The number of aryl methyl sites for hydroxylation is 1. The van der Waals surface area contributed by atoms with E-state index in [1.54, 1.807) is 38.7 Å². The van der Waals surface area contributed by atoms with Crippen molar-refractivity contribution >= 4 is 33.1 Å². The molecule has 0 aliphatic carbocycles. The van der Waals surface area contributed by atoms with Gasteiger partial charge in [-0.05, 0) is 75.8 Å². The third-order valence-electron chi connectivity index (χ3n) is 6.95. The van der Waals surface area contributed by atoms with Crippen LogP contribution in [0, 0.1) is 12.7 Å². The molecule has 0 radical (unpaired) electrons. The van der Waals surface area contributed by atoms with Gasteiger partial charge in [-0.1, -0.05) is 30.3 Å². The van der Waals surface area contributed by atoms with Gasteiger partial charge >= 0.3 is 0 Å². The molecule has 2 aromatic heterocycles. The summed E-state index contributed by atoms with van der Waals surface area (Å²) in [5.41, 5.74) is 2.02. The number of fused-ring (bicyclic) bond motifs is 1. The summed E-state index contributed by atoms with van der Waals surface area (Å²) in [6.07, 6.45) is 4.26. The van der Waals surface area contributed by atoms with Crippen LogP contribution in [0.3, 0.4) is 0 Å². The first-order valence-electron chi connectivity index (χ1n) is 13.2. The molecule has 1 aliphatic heterocycles. The van der Waals surface area contributed by atoms with E-state index < -0.39 is 15.6 Å². The van der Waals surface area contributed by atoms with Gasteiger partial charge in [-0.25, -0.2) is 22.5 Å². The van der Waals surface area contributed by atoms with Gasteiger partial charge in [0.1, 0.15) is 22.1 Å². The zero-order chi connectivity index (χ0) is 28.7. The summed E-state index contributed by atoms with van der Waals surface area (Å²) in [4.78, 5) is 19.9. The predicted octanol–water partition coefficient (Wildman–Crippen LogP) is 5.02. The highest BCUT2D eigenvalue weighted by atomic mass is 32.2. The van der Waals surface area contributed by atoms with E-state index >= 15 is 0 Å². The molecule has 11 heteroatoms. The third-order valence-corrected chi connectivity index (χ3v) is 8.70. The Morgan fingerprint density at radius 2 is 1.75 bits per heavy atom. The lowest BCUT2D eigenvalue weighted by molar-refractivity contribution is 0.0713. The lowest BCUT2D eigenvalue weighted by Gasteiger charge is -2.32. The van der Waals surface area contributed by atoms with E-state index in [1.165, 1.54) is 34.6 Å². The second kappa shape index (κ2) is 10.6. The minimum Gasteiger partial charge on any atom is -0.339 e. The minimum atomic E-state index is -3.96. The molecule has 0 saturated carbocycles. The number of likely N-dealkylation sites (tertiary alicyclic amines) is 1. The minimum absolute atomic E-state index is 0.0679. The molecule has 210 valence electrons. The number of nitrogens with zero attached hydrogens (tertiary/aromatic N) is 4. The van der Waals surface area contributed by atoms with Crippen molar-refractivity contribution in [2.45, 2.75) is 56.9 Å². The molecule has 1 fully saturated rings. The molecule has 0 bridgehead atoms. The van der Waals surface area contributed by atoms with Gasteiger partial charge in [0.15, 0.2) is 5.65 Å². The van der Waals surface area contributed by atoms with Crippen LogP contribution in [0.1, 0.15) is 61.0 Å². The van der Waals surface area contributed by atoms with Crippen molar-refractivity contribution in [3.05, 3.63) is 83.4 Å². The highest BCUT2D eigenvalue weighted by Crippen LogP contribution is 2.31. The number of sulfonamides is 1. The fraction of sp³-hybridized carbons (Fsp3) is 0.345. The number of nitrogens with one attached hydrogen (secondary N) is 2. The number of hydrogen-bond acceptors (Lipinski definition) is 6. The van der Waals surface area contributed by atoms with E-state index in [9.17, 15) is 17.6 Å². The van der Waals surface area contributed by atoms with Crippen LogP contribution in [0.5, 0.6) is 0 Å². The van der Waals surface area contributed by atoms with Crippen molar-refractivity contribution < 1.29 is 17.6 Å². The number of aromatic nitrogens is 3. The highest BCUT2D eigenvalue weighted by molar-refractivity contribution is 7.89. The summed E-state index contributed by atoms with van der Waals surface area (Å²) in [5.74, 6) is 0.00347. The largest absolute Gasteiger partial charge is 0.339 e. The van der Waals surface area contributed by atoms with Crippen LogP contribution < -0.4 is 10.0 Å². The Bertz CT molecular complexity index is 1660. The molecule has 1 aliphatic rings. The van der Waals surface area contributed by atoms with Gasteiger partial charge in [-0.2, -0.15) is 9.61 Å². The Morgan fingerprint density at radius 3 is 2.40 bits per heavy atom. The normalized spacial score (nSPS) is 15.0. The third kappa shape index (κ3) is 5.71. The van der Waals surface area contributed by atoms with E-state index in [2.05, 4.69) is 32.3 Å². The Balaban J connectivity index is 1.53. The van der Waals surface area contributed by atoms with Crippen LogP contribution in [-0.4, -0.2) is 52.5 Å². The summed E-state index contributed by atoms with van der Waals surface area (Å²) in [6.45, 7) is 8.11. The summed E-state index contributed by atoms with van der Waals surface area (Å²) >= 11 is 0. The molecule has 9 nitrogen and oxygen atoms in total. The monoisotopic (exact) mass is 564 g/mol. The molecule has 40 heavy (non-hydrogen) atoms. The van der Waals surface area contributed by atoms with Crippen LogP contribution in [-0.2, 0) is 10.0 Å².